The SMILES string of the molecule is CC(=O)C1CCN(c2nccn2C)CC1. The summed E-state index contributed by atoms with van der Waals surface area (Å²) in [6.45, 7) is 3.57. The number of Topliss-reactive ketones (excluding diaryl/α,β-unsaturated/α-hetero) is 1. The van der Waals surface area contributed by atoms with E-state index in [0.29, 0.717) is 5.78 Å². The zero-order valence-electron chi connectivity index (χ0n) is 9.31. The van der Waals surface area contributed by atoms with Crippen LogP contribution in [0.1, 0.15) is 19.8 Å². The first kappa shape index (κ1) is 10.2. The van der Waals surface area contributed by atoms with E-state index >= 15 is 0 Å². The minimum Gasteiger partial charge on any atom is -0.342 e. The van der Waals surface area contributed by atoms with Crippen LogP contribution in [-0.2, 0) is 11.8 Å². The van der Waals surface area contributed by atoms with Crippen LogP contribution in [0.15, 0.2) is 12.4 Å². The molecule has 4 nitrogen and oxygen atoms in total. The monoisotopic (exact) mass is 207 g/mol. The molecule has 0 bridgehead atoms. The average Bonchev–Trinajstić information content (AvgIpc) is 2.65. The summed E-state index contributed by atoms with van der Waals surface area (Å²) in [6, 6.07) is 0. The van der Waals surface area contributed by atoms with Crippen molar-refractivity contribution < 1.29 is 4.79 Å². The van der Waals surface area contributed by atoms with Crippen LogP contribution in [0, 0.1) is 5.92 Å². The summed E-state index contributed by atoms with van der Waals surface area (Å²) in [5, 5.41) is 0. The lowest BCUT2D eigenvalue weighted by molar-refractivity contribution is -0.121. The van der Waals surface area contributed by atoms with Crippen molar-refractivity contribution in [3.05, 3.63) is 12.4 Å². The van der Waals surface area contributed by atoms with Crippen LogP contribution >= 0.6 is 0 Å². The summed E-state index contributed by atoms with van der Waals surface area (Å²) >= 11 is 0. The Kier molecular flexibility index (Phi) is 2.75. The maximum Gasteiger partial charge on any atom is 0.205 e. The molecule has 1 aromatic heterocycles. The molecule has 0 spiro atoms. The molecule has 0 N–H and O–H groups in total. The second kappa shape index (κ2) is 4.04. The first-order valence-corrected chi connectivity index (χ1v) is 5.41. The molecule has 2 rings (SSSR count). The van der Waals surface area contributed by atoms with Gasteiger partial charge in [-0.15, -0.1) is 0 Å². The molecule has 0 atom stereocenters. The number of anilines is 1. The predicted molar refractivity (Wildman–Crippen MR) is 58.8 cm³/mol. The Balaban J connectivity index is 2.00. The van der Waals surface area contributed by atoms with Gasteiger partial charge in [0.05, 0.1) is 0 Å². The number of imidazole rings is 1. The van der Waals surface area contributed by atoms with Gasteiger partial charge in [-0.3, -0.25) is 4.79 Å². The number of aryl methyl sites for hydroxylation is 1. The molecule has 1 aliphatic rings. The summed E-state index contributed by atoms with van der Waals surface area (Å²) in [7, 11) is 2.00. The molecule has 0 aliphatic carbocycles. The van der Waals surface area contributed by atoms with Gasteiger partial charge >= 0.3 is 0 Å². The third-order valence-electron chi connectivity index (χ3n) is 3.15. The third kappa shape index (κ3) is 2.03. The average molecular weight is 207 g/mol. The molecular weight excluding hydrogens is 190 g/mol. The Hall–Kier alpha value is -1.32. The number of ketones is 1. The highest BCUT2D eigenvalue weighted by Gasteiger charge is 2.23. The van der Waals surface area contributed by atoms with Crippen molar-refractivity contribution in [2.45, 2.75) is 19.8 Å². The number of piperidine rings is 1. The van der Waals surface area contributed by atoms with E-state index in [1.54, 1.807) is 6.92 Å². The summed E-state index contributed by atoms with van der Waals surface area (Å²) < 4.78 is 2.02. The van der Waals surface area contributed by atoms with Crippen LogP contribution in [0.2, 0.25) is 0 Å². The van der Waals surface area contributed by atoms with E-state index in [9.17, 15) is 4.79 Å². The second-order valence-electron chi connectivity index (χ2n) is 4.21. The Bertz CT molecular complexity index is 350. The highest BCUT2D eigenvalue weighted by molar-refractivity contribution is 5.78. The fourth-order valence-corrected chi connectivity index (χ4v) is 2.15. The van der Waals surface area contributed by atoms with Crippen LogP contribution in [-0.4, -0.2) is 28.4 Å². The van der Waals surface area contributed by atoms with Gasteiger partial charge in [-0.1, -0.05) is 0 Å². The van der Waals surface area contributed by atoms with Gasteiger partial charge in [0.2, 0.25) is 5.95 Å². The minimum absolute atomic E-state index is 0.265. The Morgan fingerprint density at radius 1 is 1.47 bits per heavy atom. The molecule has 2 heterocycles. The standard InChI is InChI=1S/C11H17N3O/c1-9(15)10-3-6-14(7-4-10)11-12-5-8-13(11)2/h5,8,10H,3-4,6-7H2,1-2H3. The van der Waals surface area contributed by atoms with E-state index in [4.69, 9.17) is 0 Å². The van der Waals surface area contributed by atoms with Crippen LogP contribution in [0.3, 0.4) is 0 Å². The lowest BCUT2D eigenvalue weighted by atomic mass is 9.93. The van der Waals surface area contributed by atoms with Crippen LogP contribution < -0.4 is 4.90 Å². The van der Waals surface area contributed by atoms with Crippen LogP contribution in [0.4, 0.5) is 5.95 Å². The molecule has 0 unspecified atom stereocenters. The first-order valence-electron chi connectivity index (χ1n) is 5.41. The van der Waals surface area contributed by atoms with E-state index < -0.39 is 0 Å². The van der Waals surface area contributed by atoms with Crippen molar-refractivity contribution in [3.8, 4) is 0 Å². The van der Waals surface area contributed by atoms with Gasteiger partial charge < -0.3 is 9.47 Å². The molecule has 15 heavy (non-hydrogen) atoms. The number of rotatable bonds is 2. The second-order valence-corrected chi connectivity index (χ2v) is 4.21. The molecule has 0 aromatic carbocycles. The number of aromatic nitrogens is 2. The molecule has 1 fully saturated rings. The van der Waals surface area contributed by atoms with Gasteiger partial charge in [0.25, 0.3) is 0 Å². The van der Waals surface area contributed by atoms with E-state index in [1.807, 2.05) is 24.0 Å². The Labute approximate surface area is 89.9 Å². The summed E-state index contributed by atoms with van der Waals surface area (Å²) in [5.74, 6) is 1.60. The predicted octanol–water partition coefficient (Wildman–Crippen LogP) is 1.23. The minimum atomic E-state index is 0.265. The van der Waals surface area contributed by atoms with Crippen molar-refractivity contribution in [3.63, 3.8) is 0 Å². The lowest BCUT2D eigenvalue weighted by Gasteiger charge is -2.31. The molecule has 0 radical (unpaired) electrons. The number of carbonyl (C=O) groups excluding carboxylic acids is 1. The molecule has 1 aliphatic heterocycles. The van der Waals surface area contributed by atoms with Gasteiger partial charge in [0.1, 0.15) is 5.78 Å². The highest BCUT2D eigenvalue weighted by atomic mass is 16.1. The van der Waals surface area contributed by atoms with Crippen molar-refractivity contribution in [2.75, 3.05) is 18.0 Å². The number of hydrogen-bond donors (Lipinski definition) is 0. The van der Waals surface area contributed by atoms with E-state index in [1.165, 1.54) is 0 Å². The van der Waals surface area contributed by atoms with Gasteiger partial charge in [0, 0.05) is 38.4 Å². The highest BCUT2D eigenvalue weighted by Crippen LogP contribution is 2.21. The molecule has 1 aromatic rings. The normalized spacial score (nSPS) is 18.1. The maximum atomic E-state index is 11.2. The molecule has 0 saturated carbocycles. The number of hydrogen-bond acceptors (Lipinski definition) is 3. The smallest absolute Gasteiger partial charge is 0.205 e. The Morgan fingerprint density at radius 3 is 2.60 bits per heavy atom. The van der Waals surface area contributed by atoms with Crippen molar-refractivity contribution in [1.29, 1.82) is 0 Å². The summed E-state index contributed by atoms with van der Waals surface area (Å²) in [5.41, 5.74) is 0. The van der Waals surface area contributed by atoms with Crippen molar-refractivity contribution in [1.82, 2.24) is 9.55 Å². The largest absolute Gasteiger partial charge is 0.342 e. The fraction of sp³-hybridized carbons (Fsp3) is 0.636. The fourth-order valence-electron chi connectivity index (χ4n) is 2.15. The maximum absolute atomic E-state index is 11.2. The topological polar surface area (TPSA) is 38.1 Å². The van der Waals surface area contributed by atoms with Crippen molar-refractivity contribution >= 4 is 11.7 Å². The number of nitrogens with zero attached hydrogens (tertiary/aromatic N) is 3. The molecule has 4 heteroatoms. The van der Waals surface area contributed by atoms with Gasteiger partial charge in [-0.2, -0.15) is 0 Å². The van der Waals surface area contributed by atoms with E-state index in [0.717, 1.165) is 31.9 Å². The summed E-state index contributed by atoms with van der Waals surface area (Å²) in [4.78, 5) is 17.8. The molecule has 1 saturated heterocycles. The number of carbonyl (C=O) groups is 1. The van der Waals surface area contributed by atoms with Gasteiger partial charge in [0.15, 0.2) is 0 Å². The quantitative estimate of drug-likeness (QED) is 0.732. The lowest BCUT2D eigenvalue weighted by Crippen LogP contribution is -2.37. The van der Waals surface area contributed by atoms with Crippen LogP contribution in [0.5, 0.6) is 0 Å². The molecular formula is C11H17N3O. The van der Waals surface area contributed by atoms with E-state index in [2.05, 4.69) is 9.88 Å². The van der Waals surface area contributed by atoms with E-state index in [-0.39, 0.29) is 5.92 Å². The van der Waals surface area contributed by atoms with Crippen LogP contribution in [0.25, 0.3) is 0 Å². The van der Waals surface area contributed by atoms with Gasteiger partial charge in [-0.05, 0) is 19.8 Å². The Morgan fingerprint density at radius 2 is 2.13 bits per heavy atom. The third-order valence-corrected chi connectivity index (χ3v) is 3.15. The molecule has 82 valence electrons. The van der Waals surface area contributed by atoms with Crippen molar-refractivity contribution in [2.24, 2.45) is 13.0 Å². The summed E-state index contributed by atoms with van der Waals surface area (Å²) in [6.07, 6.45) is 5.68. The first-order chi connectivity index (χ1) is 7.18. The molecule has 0 amide bonds. The zero-order chi connectivity index (χ0) is 10.8. The zero-order valence-corrected chi connectivity index (χ0v) is 9.31. The van der Waals surface area contributed by atoms with Gasteiger partial charge in [-0.25, -0.2) is 4.98 Å².